The van der Waals surface area contributed by atoms with E-state index in [2.05, 4.69) is 199 Å². The SMILES string of the molecule is c1ccc(-c2ccc(N(c3ccc(-c4cccc5ccccc45)cc3)c3ccc(-c4cccc(-c5cc6ccccc6o5)c4)c4ccccc34)cc2)cc1. The van der Waals surface area contributed by atoms with E-state index in [1.807, 2.05) is 18.2 Å². The van der Waals surface area contributed by atoms with Crippen LogP contribution in [0.1, 0.15) is 0 Å². The molecule has 1 aromatic heterocycles. The summed E-state index contributed by atoms with van der Waals surface area (Å²) in [6.07, 6.45) is 0. The van der Waals surface area contributed by atoms with Crippen molar-refractivity contribution in [2.45, 2.75) is 0 Å². The Labute approximate surface area is 314 Å². The van der Waals surface area contributed by atoms with Crippen molar-refractivity contribution in [2.24, 2.45) is 0 Å². The van der Waals surface area contributed by atoms with Crippen LogP contribution in [0, 0.1) is 0 Å². The standard InChI is InChI=1S/C52H35NO/c1-2-12-36(13-3-1)37-24-28-43(29-25-37)53(44-30-26-39(27-31-44)46-22-11-16-38-14-4-6-19-45(38)46)50-33-32-47(48-20-7-8-21-49(48)50)40-17-10-18-41(34-40)52-35-42-15-5-9-23-51(42)54-52/h1-35H. The summed E-state index contributed by atoms with van der Waals surface area (Å²) >= 11 is 0. The molecule has 10 aromatic rings. The van der Waals surface area contributed by atoms with Crippen LogP contribution < -0.4 is 4.90 Å². The molecule has 0 saturated heterocycles. The van der Waals surface area contributed by atoms with E-state index in [-0.39, 0.29) is 0 Å². The predicted octanol–water partition coefficient (Wildman–Crippen LogP) is 14.9. The van der Waals surface area contributed by atoms with Crippen LogP contribution >= 0.6 is 0 Å². The fourth-order valence-corrected chi connectivity index (χ4v) is 7.82. The Morgan fingerprint density at radius 3 is 1.65 bits per heavy atom. The molecule has 0 aliphatic rings. The van der Waals surface area contributed by atoms with Crippen LogP contribution in [-0.4, -0.2) is 0 Å². The maximum Gasteiger partial charge on any atom is 0.135 e. The minimum absolute atomic E-state index is 0.871. The van der Waals surface area contributed by atoms with Crippen LogP contribution in [0.5, 0.6) is 0 Å². The molecular weight excluding hydrogens is 655 g/mol. The van der Waals surface area contributed by atoms with Crippen molar-refractivity contribution < 1.29 is 4.42 Å². The third-order valence-corrected chi connectivity index (χ3v) is 10.5. The van der Waals surface area contributed by atoms with Crippen LogP contribution in [0.15, 0.2) is 217 Å². The van der Waals surface area contributed by atoms with E-state index in [1.165, 1.54) is 49.4 Å². The van der Waals surface area contributed by atoms with Gasteiger partial charge in [-0.05, 0) is 98.1 Å². The summed E-state index contributed by atoms with van der Waals surface area (Å²) in [5, 5.41) is 5.97. The molecule has 10 rings (SSSR count). The largest absolute Gasteiger partial charge is 0.456 e. The molecule has 0 bridgehead atoms. The first-order chi connectivity index (χ1) is 26.8. The summed E-state index contributed by atoms with van der Waals surface area (Å²) in [6.45, 7) is 0. The molecule has 0 aliphatic carbocycles. The van der Waals surface area contributed by atoms with Crippen LogP contribution in [0.3, 0.4) is 0 Å². The van der Waals surface area contributed by atoms with E-state index in [0.717, 1.165) is 44.9 Å². The summed E-state index contributed by atoms with van der Waals surface area (Å²) in [5.74, 6) is 0.871. The number of fused-ring (bicyclic) bond motifs is 3. The third-order valence-electron chi connectivity index (χ3n) is 10.5. The maximum atomic E-state index is 6.27. The van der Waals surface area contributed by atoms with E-state index >= 15 is 0 Å². The average molecular weight is 690 g/mol. The second-order valence-electron chi connectivity index (χ2n) is 13.7. The topological polar surface area (TPSA) is 16.4 Å². The van der Waals surface area contributed by atoms with Crippen LogP contribution in [0.2, 0.25) is 0 Å². The molecule has 9 aromatic carbocycles. The first kappa shape index (κ1) is 31.6. The van der Waals surface area contributed by atoms with Crippen molar-refractivity contribution in [2.75, 3.05) is 4.90 Å². The lowest BCUT2D eigenvalue weighted by Gasteiger charge is -2.28. The van der Waals surface area contributed by atoms with Crippen molar-refractivity contribution >= 4 is 49.6 Å². The Morgan fingerprint density at radius 2 is 0.870 bits per heavy atom. The maximum absolute atomic E-state index is 6.27. The Hall–Kier alpha value is -7.16. The molecule has 0 amide bonds. The normalized spacial score (nSPS) is 11.3. The Kier molecular flexibility index (Phi) is 7.85. The Balaban J connectivity index is 1.10. The first-order valence-corrected chi connectivity index (χ1v) is 18.4. The number of benzene rings is 9. The van der Waals surface area contributed by atoms with Gasteiger partial charge in [0.2, 0.25) is 0 Å². The van der Waals surface area contributed by atoms with E-state index in [9.17, 15) is 0 Å². The zero-order chi connectivity index (χ0) is 35.8. The summed E-state index contributed by atoms with van der Waals surface area (Å²) < 4.78 is 6.27. The van der Waals surface area contributed by atoms with Crippen LogP contribution in [-0.2, 0) is 0 Å². The molecule has 0 unspecified atom stereocenters. The summed E-state index contributed by atoms with van der Waals surface area (Å²) in [4.78, 5) is 2.39. The second-order valence-corrected chi connectivity index (χ2v) is 13.7. The van der Waals surface area contributed by atoms with Crippen LogP contribution in [0.25, 0.3) is 77.2 Å². The molecule has 254 valence electrons. The molecule has 0 fully saturated rings. The number of hydrogen-bond acceptors (Lipinski definition) is 2. The van der Waals surface area contributed by atoms with Gasteiger partial charge in [0, 0.05) is 27.7 Å². The van der Waals surface area contributed by atoms with Gasteiger partial charge in [0.1, 0.15) is 11.3 Å². The van der Waals surface area contributed by atoms with E-state index in [4.69, 9.17) is 4.42 Å². The molecular formula is C52H35NO. The second kappa shape index (κ2) is 13.4. The molecule has 0 saturated carbocycles. The van der Waals surface area contributed by atoms with Crippen LogP contribution in [0.4, 0.5) is 17.1 Å². The minimum atomic E-state index is 0.871. The molecule has 54 heavy (non-hydrogen) atoms. The number of hydrogen-bond donors (Lipinski definition) is 0. The van der Waals surface area contributed by atoms with Gasteiger partial charge in [-0.1, -0.05) is 164 Å². The molecule has 0 atom stereocenters. The molecule has 0 N–H and O–H groups in total. The van der Waals surface area contributed by atoms with Gasteiger partial charge in [-0.25, -0.2) is 0 Å². The first-order valence-electron chi connectivity index (χ1n) is 18.4. The van der Waals surface area contributed by atoms with Gasteiger partial charge in [0.15, 0.2) is 0 Å². The fraction of sp³-hybridized carbons (Fsp3) is 0. The zero-order valence-corrected chi connectivity index (χ0v) is 29.6. The summed E-state index contributed by atoms with van der Waals surface area (Å²) in [7, 11) is 0. The van der Waals surface area contributed by atoms with Crippen molar-refractivity contribution in [1.82, 2.24) is 0 Å². The molecule has 1 heterocycles. The van der Waals surface area contributed by atoms with Crippen molar-refractivity contribution in [3.05, 3.63) is 212 Å². The lowest BCUT2D eigenvalue weighted by molar-refractivity contribution is 0.631. The zero-order valence-electron chi connectivity index (χ0n) is 29.6. The number of nitrogens with zero attached hydrogens (tertiary/aromatic N) is 1. The number of furan rings is 1. The lowest BCUT2D eigenvalue weighted by atomic mass is 9.94. The molecule has 0 spiro atoms. The van der Waals surface area contributed by atoms with Crippen molar-refractivity contribution in [3.63, 3.8) is 0 Å². The smallest absolute Gasteiger partial charge is 0.135 e. The minimum Gasteiger partial charge on any atom is -0.456 e. The Bertz CT molecular complexity index is 2880. The highest BCUT2D eigenvalue weighted by molar-refractivity contribution is 6.06. The molecule has 0 aliphatic heterocycles. The van der Waals surface area contributed by atoms with E-state index < -0.39 is 0 Å². The van der Waals surface area contributed by atoms with E-state index in [0.29, 0.717) is 0 Å². The van der Waals surface area contributed by atoms with Gasteiger partial charge in [-0.3, -0.25) is 0 Å². The van der Waals surface area contributed by atoms with E-state index in [1.54, 1.807) is 0 Å². The van der Waals surface area contributed by atoms with Gasteiger partial charge in [-0.2, -0.15) is 0 Å². The quantitative estimate of drug-likeness (QED) is 0.166. The molecule has 0 radical (unpaired) electrons. The highest BCUT2D eigenvalue weighted by Crippen LogP contribution is 2.43. The summed E-state index contributed by atoms with van der Waals surface area (Å²) in [6, 6.07) is 75.9. The van der Waals surface area contributed by atoms with Crippen molar-refractivity contribution in [3.8, 4) is 44.7 Å². The van der Waals surface area contributed by atoms with Gasteiger partial charge < -0.3 is 9.32 Å². The number of rotatable bonds is 7. The Morgan fingerprint density at radius 1 is 0.315 bits per heavy atom. The number of anilines is 3. The number of para-hydroxylation sites is 1. The summed E-state index contributed by atoms with van der Waals surface area (Å²) in [5.41, 5.74) is 12.4. The molecule has 2 heteroatoms. The third kappa shape index (κ3) is 5.71. The molecule has 2 nitrogen and oxygen atoms in total. The monoisotopic (exact) mass is 689 g/mol. The predicted molar refractivity (Wildman–Crippen MR) is 228 cm³/mol. The van der Waals surface area contributed by atoms with Gasteiger partial charge in [-0.15, -0.1) is 0 Å². The van der Waals surface area contributed by atoms with Gasteiger partial charge in [0.25, 0.3) is 0 Å². The van der Waals surface area contributed by atoms with Crippen molar-refractivity contribution in [1.29, 1.82) is 0 Å². The lowest BCUT2D eigenvalue weighted by Crippen LogP contribution is -2.10. The van der Waals surface area contributed by atoms with Gasteiger partial charge in [0.05, 0.1) is 5.69 Å². The average Bonchev–Trinajstić information content (AvgIpc) is 3.69. The fourth-order valence-electron chi connectivity index (χ4n) is 7.82. The van der Waals surface area contributed by atoms with Gasteiger partial charge >= 0.3 is 0 Å². The highest BCUT2D eigenvalue weighted by Gasteiger charge is 2.19. The highest BCUT2D eigenvalue weighted by atomic mass is 16.3.